The lowest BCUT2D eigenvalue weighted by atomic mass is 10.2. The summed E-state index contributed by atoms with van der Waals surface area (Å²) >= 11 is 0. The number of aryl methyl sites for hydroxylation is 1. The molecule has 2 rings (SSSR count). The van der Waals surface area contributed by atoms with Gasteiger partial charge in [0.05, 0.1) is 0 Å². The second kappa shape index (κ2) is 4.14. The molecule has 1 fully saturated rings. The number of rotatable bonds is 4. The summed E-state index contributed by atoms with van der Waals surface area (Å²) in [6.07, 6.45) is 2.55. The lowest BCUT2D eigenvalue weighted by Crippen LogP contribution is -2.26. The number of anilines is 1. The SMILES string of the molecule is Cc1nc(C2CC2)cc(N(C)CCN)n1. The summed E-state index contributed by atoms with van der Waals surface area (Å²) in [5.74, 6) is 2.53. The van der Waals surface area contributed by atoms with Crippen molar-refractivity contribution in [1.82, 2.24) is 9.97 Å². The molecule has 0 aromatic carbocycles. The van der Waals surface area contributed by atoms with Crippen LogP contribution in [0.4, 0.5) is 5.82 Å². The minimum atomic E-state index is 0.651. The van der Waals surface area contributed by atoms with Crippen molar-refractivity contribution in [3.8, 4) is 0 Å². The van der Waals surface area contributed by atoms with Crippen molar-refractivity contribution in [2.75, 3.05) is 25.0 Å². The highest BCUT2D eigenvalue weighted by Gasteiger charge is 2.26. The molecule has 0 spiro atoms. The normalized spacial score (nSPS) is 15.4. The van der Waals surface area contributed by atoms with Crippen molar-refractivity contribution in [1.29, 1.82) is 0 Å². The van der Waals surface area contributed by atoms with Gasteiger partial charge in [-0.15, -0.1) is 0 Å². The second-order valence-electron chi connectivity index (χ2n) is 4.18. The van der Waals surface area contributed by atoms with E-state index in [1.165, 1.54) is 18.5 Å². The van der Waals surface area contributed by atoms with Gasteiger partial charge in [-0.3, -0.25) is 0 Å². The number of likely N-dealkylation sites (N-methyl/N-ethyl adjacent to an activating group) is 1. The molecule has 0 radical (unpaired) electrons. The third kappa shape index (κ3) is 2.45. The average molecular weight is 206 g/mol. The summed E-state index contributed by atoms with van der Waals surface area (Å²) in [6.45, 7) is 3.44. The van der Waals surface area contributed by atoms with Crippen LogP contribution in [0.5, 0.6) is 0 Å². The lowest BCUT2D eigenvalue weighted by molar-refractivity contribution is 0.843. The largest absolute Gasteiger partial charge is 0.358 e. The Morgan fingerprint density at radius 1 is 1.47 bits per heavy atom. The Hall–Kier alpha value is -1.16. The molecule has 0 aliphatic heterocycles. The Bertz CT molecular complexity index is 346. The predicted octanol–water partition coefficient (Wildman–Crippen LogP) is 1.06. The van der Waals surface area contributed by atoms with Crippen molar-refractivity contribution >= 4 is 5.82 Å². The average Bonchev–Trinajstić information content (AvgIpc) is 3.00. The Kier molecular flexibility index (Phi) is 2.86. The van der Waals surface area contributed by atoms with Crippen molar-refractivity contribution in [2.24, 2.45) is 5.73 Å². The monoisotopic (exact) mass is 206 g/mol. The topological polar surface area (TPSA) is 55.0 Å². The van der Waals surface area contributed by atoms with Gasteiger partial charge in [0.25, 0.3) is 0 Å². The summed E-state index contributed by atoms with van der Waals surface area (Å²) in [6, 6.07) is 2.10. The number of nitrogens with two attached hydrogens (primary N) is 1. The zero-order valence-electron chi connectivity index (χ0n) is 9.40. The van der Waals surface area contributed by atoms with Crippen molar-refractivity contribution in [2.45, 2.75) is 25.7 Å². The van der Waals surface area contributed by atoms with Crippen LogP contribution in [0.1, 0.15) is 30.3 Å². The van der Waals surface area contributed by atoms with E-state index in [4.69, 9.17) is 5.73 Å². The summed E-state index contributed by atoms with van der Waals surface area (Å²) in [4.78, 5) is 11.0. The summed E-state index contributed by atoms with van der Waals surface area (Å²) in [7, 11) is 2.02. The summed E-state index contributed by atoms with van der Waals surface area (Å²) < 4.78 is 0. The van der Waals surface area contributed by atoms with Gasteiger partial charge >= 0.3 is 0 Å². The van der Waals surface area contributed by atoms with Gasteiger partial charge in [-0.25, -0.2) is 9.97 Å². The maximum absolute atomic E-state index is 5.53. The molecular formula is C11H18N4. The zero-order valence-corrected chi connectivity index (χ0v) is 9.40. The highest BCUT2D eigenvalue weighted by atomic mass is 15.2. The molecule has 2 N–H and O–H groups in total. The fourth-order valence-electron chi connectivity index (χ4n) is 1.67. The van der Waals surface area contributed by atoms with Gasteiger partial charge in [0.2, 0.25) is 0 Å². The Balaban J connectivity index is 2.22. The quantitative estimate of drug-likeness (QED) is 0.800. The van der Waals surface area contributed by atoms with Crippen LogP contribution in [0, 0.1) is 6.92 Å². The molecule has 0 amide bonds. The van der Waals surface area contributed by atoms with E-state index in [-0.39, 0.29) is 0 Å². The number of aromatic nitrogens is 2. The third-order valence-electron chi connectivity index (χ3n) is 2.70. The molecule has 4 heteroatoms. The van der Waals surface area contributed by atoms with E-state index in [9.17, 15) is 0 Å². The second-order valence-corrected chi connectivity index (χ2v) is 4.18. The maximum Gasteiger partial charge on any atom is 0.132 e. The molecule has 1 aromatic rings. The number of hydrogen-bond acceptors (Lipinski definition) is 4. The summed E-state index contributed by atoms with van der Waals surface area (Å²) in [5, 5.41) is 0. The minimum absolute atomic E-state index is 0.651. The fraction of sp³-hybridized carbons (Fsp3) is 0.636. The summed E-state index contributed by atoms with van der Waals surface area (Å²) in [5.41, 5.74) is 6.73. The van der Waals surface area contributed by atoms with E-state index in [1.807, 2.05) is 14.0 Å². The molecular weight excluding hydrogens is 188 g/mol. The molecule has 0 saturated heterocycles. The van der Waals surface area contributed by atoms with Crippen LogP contribution in [0.15, 0.2) is 6.07 Å². The van der Waals surface area contributed by atoms with Crippen molar-refractivity contribution in [3.63, 3.8) is 0 Å². The lowest BCUT2D eigenvalue weighted by Gasteiger charge is -2.17. The van der Waals surface area contributed by atoms with Gasteiger partial charge in [0, 0.05) is 37.8 Å². The molecule has 15 heavy (non-hydrogen) atoms. The Morgan fingerprint density at radius 2 is 2.20 bits per heavy atom. The molecule has 1 saturated carbocycles. The van der Waals surface area contributed by atoms with E-state index in [1.54, 1.807) is 0 Å². The highest BCUT2D eigenvalue weighted by molar-refractivity contribution is 5.40. The molecule has 0 bridgehead atoms. The van der Waals surface area contributed by atoms with Crippen LogP contribution in [0.25, 0.3) is 0 Å². The van der Waals surface area contributed by atoms with Crippen LogP contribution in [-0.2, 0) is 0 Å². The van der Waals surface area contributed by atoms with E-state index in [0.717, 1.165) is 18.2 Å². The number of nitrogens with zero attached hydrogens (tertiary/aromatic N) is 3. The Morgan fingerprint density at radius 3 is 2.80 bits per heavy atom. The smallest absolute Gasteiger partial charge is 0.132 e. The number of hydrogen-bond donors (Lipinski definition) is 1. The molecule has 1 aliphatic carbocycles. The van der Waals surface area contributed by atoms with E-state index in [0.29, 0.717) is 12.5 Å². The molecule has 0 atom stereocenters. The molecule has 0 unspecified atom stereocenters. The molecule has 1 aromatic heterocycles. The predicted molar refractivity (Wildman–Crippen MR) is 61.1 cm³/mol. The maximum atomic E-state index is 5.53. The van der Waals surface area contributed by atoms with Gasteiger partial charge < -0.3 is 10.6 Å². The van der Waals surface area contributed by atoms with Gasteiger partial charge in [-0.1, -0.05) is 0 Å². The standard InChI is InChI=1S/C11H18N4/c1-8-13-10(9-3-4-9)7-11(14-8)15(2)6-5-12/h7,9H,3-6,12H2,1-2H3. The van der Waals surface area contributed by atoms with Crippen LogP contribution >= 0.6 is 0 Å². The van der Waals surface area contributed by atoms with E-state index in [2.05, 4.69) is 20.9 Å². The fourth-order valence-corrected chi connectivity index (χ4v) is 1.67. The van der Waals surface area contributed by atoms with Crippen molar-refractivity contribution < 1.29 is 0 Å². The van der Waals surface area contributed by atoms with Gasteiger partial charge in [-0.05, 0) is 19.8 Å². The van der Waals surface area contributed by atoms with Gasteiger partial charge in [0.15, 0.2) is 0 Å². The van der Waals surface area contributed by atoms with Crippen LogP contribution < -0.4 is 10.6 Å². The zero-order chi connectivity index (χ0) is 10.8. The molecule has 82 valence electrons. The van der Waals surface area contributed by atoms with E-state index >= 15 is 0 Å². The third-order valence-corrected chi connectivity index (χ3v) is 2.70. The first-order chi connectivity index (χ1) is 7.20. The van der Waals surface area contributed by atoms with Gasteiger partial charge in [0.1, 0.15) is 11.6 Å². The van der Waals surface area contributed by atoms with Crippen LogP contribution in [0.2, 0.25) is 0 Å². The first kappa shape index (κ1) is 10.4. The molecule has 1 heterocycles. The van der Waals surface area contributed by atoms with Crippen LogP contribution in [0.3, 0.4) is 0 Å². The van der Waals surface area contributed by atoms with Gasteiger partial charge in [-0.2, -0.15) is 0 Å². The molecule has 4 nitrogen and oxygen atoms in total. The first-order valence-electron chi connectivity index (χ1n) is 5.47. The first-order valence-corrected chi connectivity index (χ1v) is 5.47. The minimum Gasteiger partial charge on any atom is -0.358 e. The Labute approximate surface area is 90.5 Å². The van der Waals surface area contributed by atoms with Crippen LogP contribution in [-0.4, -0.2) is 30.1 Å². The molecule has 1 aliphatic rings. The van der Waals surface area contributed by atoms with E-state index < -0.39 is 0 Å². The highest BCUT2D eigenvalue weighted by Crippen LogP contribution is 2.39. The van der Waals surface area contributed by atoms with Crippen molar-refractivity contribution in [3.05, 3.63) is 17.6 Å².